The van der Waals surface area contributed by atoms with Gasteiger partial charge in [0, 0.05) is 12.6 Å². The highest BCUT2D eigenvalue weighted by molar-refractivity contribution is 5.73. The normalized spacial score (nSPS) is 21.3. The Hall–Kier alpha value is -0.820. The Bertz CT molecular complexity index is 178. The molecule has 1 aliphatic heterocycles. The smallest absolute Gasteiger partial charge is 0.475 e. The molecule has 3 N–H and O–H groups in total. The van der Waals surface area contributed by atoms with Crippen LogP contribution in [-0.4, -0.2) is 43.4 Å². The highest BCUT2D eigenvalue weighted by Crippen LogP contribution is 2.13. The van der Waals surface area contributed by atoms with E-state index in [2.05, 4.69) is 10.6 Å². The van der Waals surface area contributed by atoms with E-state index >= 15 is 0 Å². The number of carboxylic acid groups (broad SMARTS) is 1. The molecule has 1 atom stereocenters. The molecule has 1 rings (SSSR count). The molecular weight excluding hydrogens is 201 g/mol. The van der Waals surface area contributed by atoms with Gasteiger partial charge in [-0.25, -0.2) is 4.79 Å². The van der Waals surface area contributed by atoms with Gasteiger partial charge in [0.1, 0.15) is 0 Å². The molecule has 7 heteroatoms. The highest BCUT2D eigenvalue weighted by atomic mass is 19.4. The molecule has 84 valence electrons. The van der Waals surface area contributed by atoms with E-state index in [1.807, 2.05) is 7.05 Å². The van der Waals surface area contributed by atoms with Crippen LogP contribution in [0.15, 0.2) is 0 Å². The van der Waals surface area contributed by atoms with Crippen molar-refractivity contribution >= 4 is 5.97 Å². The first-order valence-corrected chi connectivity index (χ1v) is 4.06. The molecule has 0 amide bonds. The molecule has 0 spiro atoms. The lowest BCUT2D eigenvalue weighted by Gasteiger charge is -2.02. The molecule has 0 aromatic heterocycles. The van der Waals surface area contributed by atoms with E-state index in [-0.39, 0.29) is 0 Å². The van der Waals surface area contributed by atoms with Crippen molar-refractivity contribution in [1.82, 2.24) is 10.6 Å². The number of carboxylic acids is 1. The first kappa shape index (κ1) is 13.2. The molecule has 1 saturated heterocycles. The molecule has 0 aromatic rings. The zero-order valence-corrected chi connectivity index (χ0v) is 7.69. The largest absolute Gasteiger partial charge is 0.490 e. The van der Waals surface area contributed by atoms with Crippen molar-refractivity contribution in [3.05, 3.63) is 0 Å². The summed E-state index contributed by atoms with van der Waals surface area (Å²) < 4.78 is 31.7. The maximum Gasteiger partial charge on any atom is 0.490 e. The van der Waals surface area contributed by atoms with Gasteiger partial charge < -0.3 is 15.7 Å². The number of hydrogen-bond acceptors (Lipinski definition) is 3. The molecule has 0 aromatic carbocycles. The summed E-state index contributed by atoms with van der Waals surface area (Å²) in [7, 11) is 2.01. The Morgan fingerprint density at radius 2 is 2.07 bits per heavy atom. The minimum absolute atomic E-state index is 0.736. The first-order valence-electron chi connectivity index (χ1n) is 4.06. The van der Waals surface area contributed by atoms with Crippen molar-refractivity contribution in [3.63, 3.8) is 0 Å². The van der Waals surface area contributed by atoms with Crippen LogP contribution >= 0.6 is 0 Å². The number of aliphatic carboxylic acids is 1. The van der Waals surface area contributed by atoms with Crippen LogP contribution in [0.2, 0.25) is 0 Å². The predicted molar refractivity (Wildman–Crippen MR) is 44.0 cm³/mol. The average molecular weight is 214 g/mol. The maximum absolute atomic E-state index is 10.6. The van der Waals surface area contributed by atoms with E-state index in [0.29, 0.717) is 0 Å². The molecular formula is C7H13F3N2O2. The van der Waals surface area contributed by atoms with Gasteiger partial charge in [-0.2, -0.15) is 13.2 Å². The van der Waals surface area contributed by atoms with Crippen LogP contribution in [0.5, 0.6) is 0 Å². The molecule has 1 aliphatic rings. The van der Waals surface area contributed by atoms with Crippen LogP contribution in [-0.2, 0) is 4.79 Å². The van der Waals surface area contributed by atoms with Crippen LogP contribution in [0.25, 0.3) is 0 Å². The Kier molecular flexibility index (Phi) is 5.47. The minimum atomic E-state index is -5.08. The number of nitrogens with one attached hydrogen (secondary N) is 2. The molecule has 1 fully saturated rings. The van der Waals surface area contributed by atoms with E-state index < -0.39 is 12.1 Å². The van der Waals surface area contributed by atoms with Gasteiger partial charge in [0.2, 0.25) is 0 Å². The molecule has 4 nitrogen and oxygen atoms in total. The van der Waals surface area contributed by atoms with Gasteiger partial charge in [-0.15, -0.1) is 0 Å². The Labute approximate surface area is 79.5 Å². The Morgan fingerprint density at radius 3 is 2.21 bits per heavy atom. The topological polar surface area (TPSA) is 61.4 Å². The molecule has 0 unspecified atom stereocenters. The summed E-state index contributed by atoms with van der Waals surface area (Å²) in [5.41, 5.74) is 0. The second-order valence-electron chi connectivity index (χ2n) is 2.78. The van der Waals surface area contributed by atoms with E-state index in [1.54, 1.807) is 0 Å². The third-order valence-corrected chi connectivity index (χ3v) is 1.71. The van der Waals surface area contributed by atoms with Gasteiger partial charge in [0.25, 0.3) is 0 Å². The predicted octanol–water partition coefficient (Wildman–Crippen LogP) is 0.201. The van der Waals surface area contributed by atoms with Crippen LogP contribution in [0.4, 0.5) is 13.2 Å². The van der Waals surface area contributed by atoms with Crippen molar-refractivity contribution in [2.24, 2.45) is 0 Å². The van der Waals surface area contributed by atoms with E-state index in [0.717, 1.165) is 12.6 Å². The van der Waals surface area contributed by atoms with Crippen LogP contribution in [0.1, 0.15) is 6.42 Å². The first-order chi connectivity index (χ1) is 6.38. The van der Waals surface area contributed by atoms with E-state index in [9.17, 15) is 13.2 Å². The van der Waals surface area contributed by atoms with Gasteiger partial charge in [-0.3, -0.25) is 0 Å². The number of likely N-dealkylation sites (N-methyl/N-ethyl adjacent to an activating group) is 1. The van der Waals surface area contributed by atoms with Crippen LogP contribution in [0, 0.1) is 0 Å². The standard InChI is InChI=1S/C5H12N2.C2HF3O2/c1-6-5-2-3-7-4-5;3-2(4,5)1(6)7/h5-7H,2-4H2,1H3;(H,6,7)/t5-;/m1./s1. The van der Waals surface area contributed by atoms with Gasteiger partial charge in [-0.05, 0) is 20.0 Å². The van der Waals surface area contributed by atoms with Gasteiger partial charge >= 0.3 is 12.1 Å². The molecule has 0 aliphatic carbocycles. The molecule has 14 heavy (non-hydrogen) atoms. The monoisotopic (exact) mass is 214 g/mol. The van der Waals surface area contributed by atoms with Crippen molar-refractivity contribution < 1.29 is 23.1 Å². The lowest BCUT2D eigenvalue weighted by atomic mass is 10.3. The van der Waals surface area contributed by atoms with Gasteiger partial charge in [-0.1, -0.05) is 0 Å². The maximum atomic E-state index is 10.6. The fraction of sp³-hybridized carbons (Fsp3) is 0.857. The summed E-state index contributed by atoms with van der Waals surface area (Å²) in [5.74, 6) is -2.76. The quantitative estimate of drug-likeness (QED) is 0.583. The average Bonchev–Trinajstić information content (AvgIpc) is 2.54. The van der Waals surface area contributed by atoms with Crippen LogP contribution < -0.4 is 10.6 Å². The number of carbonyl (C=O) groups is 1. The van der Waals surface area contributed by atoms with Crippen molar-refractivity contribution in [1.29, 1.82) is 0 Å². The van der Waals surface area contributed by atoms with Crippen LogP contribution in [0.3, 0.4) is 0 Å². The third-order valence-electron chi connectivity index (χ3n) is 1.71. The summed E-state index contributed by atoms with van der Waals surface area (Å²) >= 11 is 0. The van der Waals surface area contributed by atoms with Crippen molar-refractivity contribution in [2.75, 3.05) is 20.1 Å². The second kappa shape index (κ2) is 5.82. The zero-order valence-electron chi connectivity index (χ0n) is 7.69. The van der Waals surface area contributed by atoms with Gasteiger partial charge in [0.05, 0.1) is 0 Å². The number of hydrogen-bond donors (Lipinski definition) is 3. The minimum Gasteiger partial charge on any atom is -0.475 e. The van der Waals surface area contributed by atoms with E-state index in [1.165, 1.54) is 13.0 Å². The Balaban J connectivity index is 0.000000241. The SMILES string of the molecule is CN[C@@H]1CCNC1.O=C(O)C(F)(F)F. The highest BCUT2D eigenvalue weighted by Gasteiger charge is 2.38. The van der Waals surface area contributed by atoms with Gasteiger partial charge in [0.15, 0.2) is 0 Å². The third kappa shape index (κ3) is 5.76. The lowest BCUT2D eigenvalue weighted by Crippen LogP contribution is -2.26. The van der Waals surface area contributed by atoms with Crippen molar-refractivity contribution in [2.45, 2.75) is 18.6 Å². The van der Waals surface area contributed by atoms with Crippen molar-refractivity contribution in [3.8, 4) is 0 Å². The number of rotatable bonds is 1. The molecule has 0 radical (unpaired) electrons. The summed E-state index contributed by atoms with van der Waals surface area (Å²) in [6.07, 6.45) is -3.80. The molecule has 0 saturated carbocycles. The summed E-state index contributed by atoms with van der Waals surface area (Å²) in [4.78, 5) is 8.90. The summed E-state index contributed by atoms with van der Waals surface area (Å²) in [5, 5.41) is 13.6. The Morgan fingerprint density at radius 1 is 1.57 bits per heavy atom. The molecule has 1 heterocycles. The number of alkyl halides is 3. The lowest BCUT2D eigenvalue weighted by molar-refractivity contribution is -0.192. The zero-order chi connectivity index (χ0) is 11.2. The fourth-order valence-corrected chi connectivity index (χ4v) is 0.901. The fourth-order valence-electron chi connectivity index (χ4n) is 0.901. The summed E-state index contributed by atoms with van der Waals surface area (Å²) in [6, 6.07) is 0.736. The second-order valence-corrected chi connectivity index (χ2v) is 2.78. The molecule has 0 bridgehead atoms. The van der Waals surface area contributed by atoms with E-state index in [4.69, 9.17) is 9.90 Å². The number of halogens is 3. The summed E-state index contributed by atoms with van der Waals surface area (Å²) in [6.45, 7) is 2.34.